The van der Waals surface area contributed by atoms with Gasteiger partial charge in [-0.25, -0.2) is 0 Å². The molecule has 0 aromatic carbocycles. The highest BCUT2D eigenvalue weighted by atomic mass is 16.7. The van der Waals surface area contributed by atoms with Crippen molar-refractivity contribution in [3.8, 4) is 0 Å². The quantitative estimate of drug-likeness (QED) is 0.0195. The van der Waals surface area contributed by atoms with Crippen molar-refractivity contribution in [1.82, 2.24) is 5.32 Å². The zero-order valence-electron chi connectivity index (χ0n) is 53.5. The van der Waals surface area contributed by atoms with Crippen LogP contribution in [0.1, 0.15) is 341 Å². The number of allylic oxidation sites excluding steroid dienone is 5. The monoisotopic (exact) mass is 1160 g/mol. The van der Waals surface area contributed by atoms with Gasteiger partial charge >= 0.3 is 5.97 Å². The molecule has 1 rings (SSSR count). The van der Waals surface area contributed by atoms with Crippen molar-refractivity contribution in [2.24, 2.45) is 0 Å². The summed E-state index contributed by atoms with van der Waals surface area (Å²) in [5.41, 5.74) is 0. The SMILES string of the molecule is CCCCC/C=C\C/C=C\CCCCCCCCCCCC(=O)OCCCCCCCCCCCCCCCCCCCCCCCCCCCCC(=O)NC(COC1OC(CO)C(O)C(O)C1O)C(O)/C=C/CCCCCCCCC. The molecule has 1 amide bonds. The predicted molar refractivity (Wildman–Crippen MR) is 343 cm³/mol. The maximum absolute atomic E-state index is 13.0. The number of carbonyl (C=O) groups excluding carboxylic acids is 2. The topological polar surface area (TPSA) is 175 Å². The standard InChI is InChI=1S/C71H133NO10/c1-3-5-7-9-11-13-14-15-16-17-26-30-33-36-39-43-47-51-55-59-67(76)80-60-56-52-48-44-40-37-34-31-28-25-23-21-19-18-20-22-24-27-29-32-35-38-42-46-50-54-58-66(75)72-63(64(74)57-53-49-45-41-12-10-8-6-4-2)62-81-71-70(79)69(78)68(77)65(61-73)82-71/h11,13,15-16,53,57,63-65,68-71,73-74,77-79H,3-10,12,14,17-52,54-56,58-62H2,1-2H3,(H,72,75)/b13-11-,16-15-,57-53+. The van der Waals surface area contributed by atoms with Gasteiger partial charge in [-0.1, -0.05) is 301 Å². The largest absolute Gasteiger partial charge is 0.466 e. The Morgan fingerprint density at radius 1 is 0.451 bits per heavy atom. The molecule has 1 saturated heterocycles. The van der Waals surface area contributed by atoms with E-state index in [2.05, 4.69) is 43.5 Å². The second kappa shape index (κ2) is 60.6. The lowest BCUT2D eigenvalue weighted by Crippen LogP contribution is -2.60. The second-order valence-electron chi connectivity index (χ2n) is 24.6. The van der Waals surface area contributed by atoms with Crippen LogP contribution in [-0.4, -0.2) is 100 Å². The molecule has 0 aromatic heterocycles. The molecule has 0 aromatic rings. The van der Waals surface area contributed by atoms with Gasteiger partial charge in [0.05, 0.1) is 32.0 Å². The van der Waals surface area contributed by atoms with Crippen LogP contribution in [0.3, 0.4) is 0 Å². The smallest absolute Gasteiger partial charge is 0.305 e. The third-order valence-electron chi connectivity index (χ3n) is 16.7. The molecule has 7 atom stereocenters. The third-order valence-corrected chi connectivity index (χ3v) is 16.7. The minimum Gasteiger partial charge on any atom is -0.466 e. The number of ether oxygens (including phenoxy) is 3. The van der Waals surface area contributed by atoms with Gasteiger partial charge in [-0.05, 0) is 64.2 Å². The van der Waals surface area contributed by atoms with Crippen LogP contribution < -0.4 is 5.32 Å². The molecule has 0 aliphatic carbocycles. The summed E-state index contributed by atoms with van der Waals surface area (Å²) in [5, 5.41) is 54.3. The minimum absolute atomic E-state index is 0.00371. The van der Waals surface area contributed by atoms with Crippen LogP contribution >= 0.6 is 0 Å². The zero-order valence-corrected chi connectivity index (χ0v) is 53.5. The highest BCUT2D eigenvalue weighted by molar-refractivity contribution is 5.76. The summed E-state index contributed by atoms with van der Waals surface area (Å²) in [4.78, 5) is 25.1. The van der Waals surface area contributed by atoms with Crippen LogP contribution in [0.5, 0.6) is 0 Å². The number of hydrogen-bond acceptors (Lipinski definition) is 10. The third kappa shape index (κ3) is 49.0. The number of hydrogen-bond donors (Lipinski definition) is 6. The summed E-state index contributed by atoms with van der Waals surface area (Å²) >= 11 is 0. The van der Waals surface area contributed by atoms with Gasteiger partial charge < -0.3 is 45.1 Å². The molecule has 0 saturated carbocycles. The lowest BCUT2D eigenvalue weighted by Gasteiger charge is -2.40. The fourth-order valence-electron chi connectivity index (χ4n) is 11.2. The summed E-state index contributed by atoms with van der Waals surface area (Å²) in [7, 11) is 0. The molecule has 1 aliphatic heterocycles. The molecule has 1 aliphatic rings. The average molecular weight is 1160 g/mol. The molecular formula is C71H133NO10. The average Bonchev–Trinajstić information content (AvgIpc) is 3.63. The molecule has 11 nitrogen and oxygen atoms in total. The van der Waals surface area contributed by atoms with Crippen LogP contribution in [0, 0.1) is 0 Å². The molecule has 7 unspecified atom stereocenters. The van der Waals surface area contributed by atoms with Crippen molar-refractivity contribution < 1.29 is 49.3 Å². The maximum Gasteiger partial charge on any atom is 0.305 e. The first-order chi connectivity index (χ1) is 40.2. The Morgan fingerprint density at radius 2 is 0.817 bits per heavy atom. The van der Waals surface area contributed by atoms with Crippen LogP contribution in [0.2, 0.25) is 0 Å². The van der Waals surface area contributed by atoms with E-state index in [-0.39, 0.29) is 18.5 Å². The Labute approximate surface area is 504 Å². The number of rotatable bonds is 62. The Morgan fingerprint density at radius 3 is 1.26 bits per heavy atom. The summed E-state index contributed by atoms with van der Waals surface area (Å²) in [6.07, 6.45) is 67.2. The maximum atomic E-state index is 13.0. The van der Waals surface area contributed by atoms with Crippen molar-refractivity contribution in [3.05, 3.63) is 36.5 Å². The van der Waals surface area contributed by atoms with Crippen LogP contribution in [-0.2, 0) is 23.8 Å². The van der Waals surface area contributed by atoms with Crippen molar-refractivity contribution >= 4 is 11.9 Å². The highest BCUT2D eigenvalue weighted by Gasteiger charge is 2.44. The van der Waals surface area contributed by atoms with Crippen LogP contribution in [0.15, 0.2) is 36.5 Å². The van der Waals surface area contributed by atoms with Gasteiger partial charge in [0, 0.05) is 12.8 Å². The molecule has 0 spiro atoms. The normalized spacial score (nSPS) is 18.4. The number of carbonyl (C=O) groups is 2. The number of amides is 1. The van der Waals surface area contributed by atoms with Crippen molar-refractivity contribution in [2.45, 2.75) is 384 Å². The highest BCUT2D eigenvalue weighted by Crippen LogP contribution is 2.23. The fourth-order valence-corrected chi connectivity index (χ4v) is 11.2. The molecule has 0 bridgehead atoms. The number of aliphatic hydroxyl groups excluding tert-OH is 5. The fraction of sp³-hybridized carbons (Fsp3) is 0.887. The predicted octanol–water partition coefficient (Wildman–Crippen LogP) is 17.8. The Balaban J connectivity index is 1.90. The van der Waals surface area contributed by atoms with Gasteiger partial charge in [0.2, 0.25) is 5.91 Å². The Hall–Kier alpha value is -2.12. The van der Waals surface area contributed by atoms with Crippen molar-refractivity contribution in [1.29, 1.82) is 0 Å². The summed E-state index contributed by atoms with van der Waals surface area (Å²) in [5.74, 6) is -0.177. The van der Waals surface area contributed by atoms with E-state index in [1.54, 1.807) is 6.08 Å². The van der Waals surface area contributed by atoms with Gasteiger partial charge in [-0.15, -0.1) is 0 Å². The first kappa shape index (κ1) is 77.9. The second-order valence-corrected chi connectivity index (χ2v) is 24.6. The van der Waals surface area contributed by atoms with Gasteiger partial charge in [0.25, 0.3) is 0 Å². The van der Waals surface area contributed by atoms with Gasteiger partial charge in [-0.3, -0.25) is 9.59 Å². The van der Waals surface area contributed by atoms with Crippen molar-refractivity contribution in [3.63, 3.8) is 0 Å². The van der Waals surface area contributed by atoms with Crippen LogP contribution in [0.4, 0.5) is 0 Å². The molecule has 11 heteroatoms. The Kier molecular flexibility index (Phi) is 57.5. The lowest BCUT2D eigenvalue weighted by molar-refractivity contribution is -0.302. The molecule has 1 heterocycles. The van der Waals surface area contributed by atoms with Gasteiger partial charge in [-0.2, -0.15) is 0 Å². The summed E-state index contributed by atoms with van der Waals surface area (Å²) in [6.45, 7) is 4.32. The number of unbranched alkanes of at least 4 members (excludes halogenated alkanes) is 44. The van der Waals surface area contributed by atoms with Crippen LogP contribution in [0.25, 0.3) is 0 Å². The number of esters is 1. The first-order valence-corrected chi connectivity index (χ1v) is 35.3. The first-order valence-electron chi connectivity index (χ1n) is 35.3. The van der Waals surface area contributed by atoms with E-state index >= 15 is 0 Å². The molecule has 482 valence electrons. The zero-order chi connectivity index (χ0) is 59.5. The van der Waals surface area contributed by atoms with E-state index in [1.807, 2.05) is 6.08 Å². The van der Waals surface area contributed by atoms with E-state index < -0.39 is 49.5 Å². The lowest BCUT2D eigenvalue weighted by atomic mass is 9.99. The molecular weight excluding hydrogens is 1030 g/mol. The van der Waals surface area contributed by atoms with E-state index in [1.165, 1.54) is 250 Å². The van der Waals surface area contributed by atoms with Gasteiger partial charge in [0.1, 0.15) is 24.4 Å². The molecule has 82 heavy (non-hydrogen) atoms. The van der Waals surface area contributed by atoms with E-state index in [4.69, 9.17) is 14.2 Å². The van der Waals surface area contributed by atoms with Gasteiger partial charge in [0.15, 0.2) is 6.29 Å². The number of aliphatic hydroxyl groups is 5. The summed E-state index contributed by atoms with van der Waals surface area (Å²) in [6, 6.07) is -0.807. The Bertz CT molecular complexity index is 1460. The van der Waals surface area contributed by atoms with E-state index in [0.29, 0.717) is 19.4 Å². The molecule has 1 fully saturated rings. The molecule has 6 N–H and O–H groups in total. The molecule has 0 radical (unpaired) electrons. The minimum atomic E-state index is -1.57. The van der Waals surface area contributed by atoms with E-state index in [9.17, 15) is 35.1 Å². The number of nitrogens with one attached hydrogen (secondary N) is 1. The summed E-state index contributed by atoms with van der Waals surface area (Å²) < 4.78 is 16.7. The van der Waals surface area contributed by atoms with E-state index in [0.717, 1.165) is 64.2 Å². The van der Waals surface area contributed by atoms with Crippen molar-refractivity contribution in [2.75, 3.05) is 19.8 Å².